The van der Waals surface area contributed by atoms with Gasteiger partial charge in [-0.15, -0.1) is 0 Å². The van der Waals surface area contributed by atoms with Gasteiger partial charge in [0, 0.05) is 6.54 Å². The number of carbonyl (C=O) groups excluding carboxylic acids is 1. The van der Waals surface area contributed by atoms with Gasteiger partial charge >= 0.3 is 5.97 Å². The zero-order valence-corrected chi connectivity index (χ0v) is 12.5. The van der Waals surface area contributed by atoms with Crippen LogP contribution in [0.25, 0.3) is 0 Å². The number of hydrogen-bond donors (Lipinski definition) is 1. The standard InChI is InChI=1S/C13H15BrFNO3/c1-4-16(13(2,3)12(18)19)11(17)8-6-5-7-9(14)10(8)15/h5-7H,4H2,1-3H3,(H,18,19). The lowest BCUT2D eigenvalue weighted by Gasteiger charge is -2.34. The average molecular weight is 332 g/mol. The van der Waals surface area contributed by atoms with Crippen molar-refractivity contribution < 1.29 is 19.1 Å². The summed E-state index contributed by atoms with van der Waals surface area (Å²) in [7, 11) is 0. The van der Waals surface area contributed by atoms with E-state index in [1.807, 2.05) is 0 Å². The SMILES string of the molecule is CCN(C(=O)c1cccc(Br)c1F)C(C)(C)C(=O)O. The first-order valence-corrected chi connectivity index (χ1v) is 6.52. The van der Waals surface area contributed by atoms with Gasteiger partial charge in [-0.3, -0.25) is 4.79 Å². The monoisotopic (exact) mass is 331 g/mol. The van der Waals surface area contributed by atoms with Crippen LogP contribution in [0.15, 0.2) is 22.7 Å². The van der Waals surface area contributed by atoms with Gasteiger partial charge in [0.1, 0.15) is 11.4 Å². The van der Waals surface area contributed by atoms with Crippen LogP contribution < -0.4 is 0 Å². The van der Waals surface area contributed by atoms with Crippen molar-refractivity contribution >= 4 is 27.8 Å². The van der Waals surface area contributed by atoms with Gasteiger partial charge in [0.25, 0.3) is 5.91 Å². The molecule has 0 aromatic heterocycles. The Kier molecular flexibility index (Phi) is 4.68. The molecule has 0 fully saturated rings. The molecule has 1 N–H and O–H groups in total. The highest BCUT2D eigenvalue weighted by molar-refractivity contribution is 9.10. The van der Waals surface area contributed by atoms with Gasteiger partial charge in [0.15, 0.2) is 0 Å². The molecule has 0 heterocycles. The van der Waals surface area contributed by atoms with Crippen LogP contribution in [0.3, 0.4) is 0 Å². The third kappa shape index (κ3) is 2.94. The lowest BCUT2D eigenvalue weighted by molar-refractivity contribution is -0.147. The smallest absolute Gasteiger partial charge is 0.329 e. The van der Waals surface area contributed by atoms with E-state index >= 15 is 0 Å². The second-order valence-corrected chi connectivity index (χ2v) is 5.37. The number of benzene rings is 1. The van der Waals surface area contributed by atoms with E-state index in [1.54, 1.807) is 6.92 Å². The van der Waals surface area contributed by atoms with Crippen molar-refractivity contribution in [3.8, 4) is 0 Å². The lowest BCUT2D eigenvalue weighted by atomic mass is 10.0. The summed E-state index contributed by atoms with van der Waals surface area (Å²) in [6.45, 7) is 4.64. The Morgan fingerprint density at radius 2 is 2.00 bits per heavy atom. The van der Waals surface area contributed by atoms with Crippen molar-refractivity contribution in [3.63, 3.8) is 0 Å². The molecular formula is C13H15BrFNO3. The van der Waals surface area contributed by atoms with E-state index in [9.17, 15) is 14.0 Å². The molecule has 1 rings (SSSR count). The van der Waals surface area contributed by atoms with Crippen LogP contribution >= 0.6 is 15.9 Å². The van der Waals surface area contributed by atoms with Crippen molar-refractivity contribution in [3.05, 3.63) is 34.1 Å². The Balaban J connectivity index is 3.24. The number of amides is 1. The summed E-state index contributed by atoms with van der Waals surface area (Å²) >= 11 is 3.00. The maximum Gasteiger partial charge on any atom is 0.329 e. The maximum atomic E-state index is 13.9. The van der Waals surface area contributed by atoms with Gasteiger partial charge in [-0.05, 0) is 48.8 Å². The van der Waals surface area contributed by atoms with Crippen LogP contribution in [-0.2, 0) is 4.79 Å². The molecule has 0 aliphatic heterocycles. The largest absolute Gasteiger partial charge is 0.480 e. The second-order valence-electron chi connectivity index (χ2n) is 4.51. The van der Waals surface area contributed by atoms with E-state index in [-0.39, 0.29) is 16.6 Å². The molecule has 6 heteroatoms. The van der Waals surface area contributed by atoms with Crippen molar-refractivity contribution in [1.82, 2.24) is 4.90 Å². The minimum absolute atomic E-state index is 0.148. The predicted molar refractivity (Wildman–Crippen MR) is 72.5 cm³/mol. The number of likely N-dealkylation sites (N-methyl/N-ethyl adjacent to an activating group) is 1. The fraction of sp³-hybridized carbons (Fsp3) is 0.385. The topological polar surface area (TPSA) is 57.6 Å². The van der Waals surface area contributed by atoms with Crippen LogP contribution in [-0.4, -0.2) is 34.0 Å². The number of halogens is 2. The average Bonchev–Trinajstić information content (AvgIpc) is 2.32. The molecule has 0 radical (unpaired) electrons. The first-order chi connectivity index (χ1) is 8.73. The van der Waals surface area contributed by atoms with Crippen molar-refractivity contribution in [2.24, 2.45) is 0 Å². The quantitative estimate of drug-likeness (QED) is 0.922. The minimum Gasteiger partial charge on any atom is -0.480 e. The number of carboxylic acid groups (broad SMARTS) is 1. The molecule has 4 nitrogen and oxygen atoms in total. The molecule has 0 aliphatic carbocycles. The highest BCUT2D eigenvalue weighted by Gasteiger charge is 2.38. The van der Waals surface area contributed by atoms with Gasteiger partial charge in [0.05, 0.1) is 10.0 Å². The summed E-state index contributed by atoms with van der Waals surface area (Å²) < 4.78 is 14.1. The third-order valence-corrected chi connectivity index (χ3v) is 3.55. The number of nitrogens with zero attached hydrogens (tertiary/aromatic N) is 1. The Labute approximate surface area is 119 Å². The summed E-state index contributed by atoms with van der Waals surface area (Å²) in [5, 5.41) is 9.17. The number of hydrogen-bond acceptors (Lipinski definition) is 2. The molecule has 0 unspecified atom stereocenters. The first-order valence-electron chi connectivity index (χ1n) is 5.72. The van der Waals surface area contributed by atoms with Gasteiger partial charge in [0.2, 0.25) is 0 Å². The summed E-state index contributed by atoms with van der Waals surface area (Å²) in [6, 6.07) is 4.34. The first kappa shape index (κ1) is 15.6. The van der Waals surface area contributed by atoms with Gasteiger partial charge < -0.3 is 10.0 Å². The van der Waals surface area contributed by atoms with Crippen LogP contribution in [0.4, 0.5) is 4.39 Å². The van der Waals surface area contributed by atoms with Gasteiger partial charge in [-0.1, -0.05) is 6.07 Å². The molecule has 0 aliphatic rings. The van der Waals surface area contributed by atoms with E-state index in [4.69, 9.17) is 5.11 Å². The zero-order valence-electron chi connectivity index (χ0n) is 10.9. The Bertz CT molecular complexity index is 517. The third-order valence-electron chi connectivity index (χ3n) is 2.94. The molecular weight excluding hydrogens is 317 g/mol. The van der Waals surface area contributed by atoms with E-state index in [1.165, 1.54) is 32.0 Å². The fourth-order valence-corrected chi connectivity index (χ4v) is 2.09. The van der Waals surface area contributed by atoms with Crippen LogP contribution in [0.1, 0.15) is 31.1 Å². The number of carbonyl (C=O) groups is 2. The molecule has 0 spiro atoms. The summed E-state index contributed by atoms with van der Waals surface area (Å²) in [6.07, 6.45) is 0. The van der Waals surface area contributed by atoms with Crippen molar-refractivity contribution in [2.45, 2.75) is 26.3 Å². The summed E-state index contributed by atoms with van der Waals surface area (Å²) in [5.41, 5.74) is -1.55. The second kappa shape index (κ2) is 5.69. The molecule has 0 atom stereocenters. The van der Waals surface area contributed by atoms with E-state index < -0.39 is 23.2 Å². The highest BCUT2D eigenvalue weighted by atomic mass is 79.9. The number of rotatable bonds is 4. The zero-order chi connectivity index (χ0) is 14.8. The summed E-state index contributed by atoms with van der Waals surface area (Å²) in [4.78, 5) is 24.6. The normalized spacial score (nSPS) is 11.2. The van der Waals surface area contributed by atoms with Crippen molar-refractivity contribution in [2.75, 3.05) is 6.54 Å². The van der Waals surface area contributed by atoms with Crippen LogP contribution in [0, 0.1) is 5.82 Å². The number of carboxylic acids is 1. The Morgan fingerprint density at radius 1 is 1.42 bits per heavy atom. The molecule has 0 saturated heterocycles. The highest BCUT2D eigenvalue weighted by Crippen LogP contribution is 2.23. The fourth-order valence-electron chi connectivity index (χ4n) is 1.72. The van der Waals surface area contributed by atoms with Crippen molar-refractivity contribution in [1.29, 1.82) is 0 Å². The molecule has 1 amide bonds. The molecule has 0 saturated carbocycles. The van der Waals surface area contributed by atoms with Crippen LogP contribution in [0.5, 0.6) is 0 Å². The Hall–Kier alpha value is -1.43. The maximum absolute atomic E-state index is 13.9. The van der Waals surface area contributed by atoms with Gasteiger partial charge in [-0.25, -0.2) is 9.18 Å². The van der Waals surface area contributed by atoms with E-state index in [0.717, 1.165) is 4.90 Å². The Morgan fingerprint density at radius 3 is 2.47 bits per heavy atom. The van der Waals surface area contributed by atoms with Crippen LogP contribution in [0.2, 0.25) is 0 Å². The number of aliphatic carboxylic acids is 1. The minimum atomic E-state index is -1.40. The summed E-state index contributed by atoms with van der Waals surface area (Å²) in [5.74, 6) is -2.47. The van der Waals surface area contributed by atoms with E-state index in [0.29, 0.717) is 0 Å². The predicted octanol–water partition coefficient (Wildman–Crippen LogP) is 2.91. The molecule has 19 heavy (non-hydrogen) atoms. The molecule has 104 valence electrons. The molecule has 1 aromatic carbocycles. The van der Waals surface area contributed by atoms with E-state index in [2.05, 4.69) is 15.9 Å². The molecule has 0 bridgehead atoms. The molecule has 1 aromatic rings. The lowest BCUT2D eigenvalue weighted by Crippen LogP contribution is -2.53. The van der Waals surface area contributed by atoms with Gasteiger partial charge in [-0.2, -0.15) is 0 Å².